The Kier molecular flexibility index (Phi) is 8.75. The minimum absolute atomic E-state index is 0.193. The van der Waals surface area contributed by atoms with E-state index in [1.807, 2.05) is 26.0 Å². The van der Waals surface area contributed by atoms with Gasteiger partial charge in [-0.3, -0.25) is 0 Å². The van der Waals surface area contributed by atoms with Gasteiger partial charge in [0.05, 0.1) is 17.2 Å². The van der Waals surface area contributed by atoms with Crippen molar-refractivity contribution in [2.24, 2.45) is 0 Å². The van der Waals surface area contributed by atoms with E-state index in [1.165, 1.54) is 35.9 Å². The largest absolute Gasteiger partial charge is 0.379 e. The lowest BCUT2D eigenvalue weighted by atomic mass is 10.3. The molecule has 0 saturated carbocycles. The zero-order valence-corrected chi connectivity index (χ0v) is 19.2. The molecule has 0 aromatic carbocycles. The first-order chi connectivity index (χ1) is 15.6. The maximum atomic E-state index is 8.94. The Morgan fingerprint density at radius 2 is 1.47 bits per heavy atom. The van der Waals surface area contributed by atoms with E-state index >= 15 is 0 Å². The third-order valence-corrected chi connectivity index (χ3v) is 5.40. The molecular formula is C21H20N8OS2. The smallest absolute Gasteiger partial charge is 0.227 e. The van der Waals surface area contributed by atoms with Crippen LogP contribution in [0.4, 0.5) is 5.95 Å². The van der Waals surface area contributed by atoms with Gasteiger partial charge in [-0.1, -0.05) is 0 Å². The average molecular weight is 465 g/mol. The maximum Gasteiger partial charge on any atom is 0.227 e. The predicted octanol–water partition coefficient (Wildman–Crippen LogP) is 3.93. The third kappa shape index (κ3) is 7.46. The molecule has 3 aromatic rings. The molecule has 162 valence electrons. The number of rotatable bonds is 10. The Morgan fingerprint density at radius 3 is 1.91 bits per heavy atom. The number of anilines is 1. The van der Waals surface area contributed by atoms with Crippen LogP contribution in [0.5, 0.6) is 0 Å². The van der Waals surface area contributed by atoms with Crippen molar-refractivity contribution in [1.82, 2.24) is 24.9 Å². The van der Waals surface area contributed by atoms with Crippen LogP contribution < -0.4 is 5.32 Å². The SMILES string of the molecule is CC(C)OCCCNc1nc(Sc2ccc(C#N)cn2)nc(Sc2ccc(C#N)cn2)n1. The molecule has 3 aromatic heterocycles. The van der Waals surface area contributed by atoms with E-state index in [1.54, 1.807) is 24.3 Å². The first-order valence-electron chi connectivity index (χ1n) is 9.75. The molecule has 0 aliphatic rings. The number of hydrogen-bond acceptors (Lipinski definition) is 11. The monoisotopic (exact) mass is 464 g/mol. The standard InChI is InChI=1S/C21H20N8OS2/c1-14(2)30-9-3-8-24-19-27-20(31-17-6-4-15(10-22)12-25-17)29-21(28-19)32-18-7-5-16(11-23)13-26-18/h4-7,12-14H,3,8-9H2,1-2H3,(H,24,27,28,29). The van der Waals surface area contributed by atoms with Crippen LogP contribution >= 0.6 is 23.5 Å². The van der Waals surface area contributed by atoms with Crippen LogP contribution in [0, 0.1) is 22.7 Å². The van der Waals surface area contributed by atoms with Crippen molar-refractivity contribution >= 4 is 29.5 Å². The Bertz CT molecular complexity index is 1030. The molecule has 0 radical (unpaired) electrons. The molecule has 0 saturated heterocycles. The summed E-state index contributed by atoms with van der Waals surface area (Å²) in [7, 11) is 0. The predicted molar refractivity (Wildman–Crippen MR) is 120 cm³/mol. The van der Waals surface area contributed by atoms with Crippen LogP contribution in [-0.2, 0) is 4.74 Å². The van der Waals surface area contributed by atoms with Gasteiger partial charge in [0, 0.05) is 25.5 Å². The second kappa shape index (κ2) is 12.0. The molecule has 0 fully saturated rings. The molecule has 0 aliphatic heterocycles. The van der Waals surface area contributed by atoms with Gasteiger partial charge in [0.2, 0.25) is 5.95 Å². The molecule has 3 rings (SSSR count). The van der Waals surface area contributed by atoms with E-state index in [9.17, 15) is 0 Å². The molecular weight excluding hydrogens is 444 g/mol. The number of nitrogens with zero attached hydrogens (tertiary/aromatic N) is 7. The number of hydrogen-bond donors (Lipinski definition) is 1. The summed E-state index contributed by atoms with van der Waals surface area (Å²) in [5.41, 5.74) is 0.971. The molecule has 0 amide bonds. The van der Waals surface area contributed by atoms with E-state index in [4.69, 9.17) is 15.3 Å². The Labute approximate surface area is 194 Å². The molecule has 0 spiro atoms. The molecule has 1 N–H and O–H groups in total. The van der Waals surface area contributed by atoms with Gasteiger partial charge < -0.3 is 10.1 Å². The summed E-state index contributed by atoms with van der Waals surface area (Å²) < 4.78 is 5.56. The molecule has 0 aliphatic carbocycles. The van der Waals surface area contributed by atoms with Crippen LogP contribution in [0.1, 0.15) is 31.4 Å². The highest BCUT2D eigenvalue weighted by atomic mass is 32.2. The highest BCUT2D eigenvalue weighted by Crippen LogP contribution is 2.28. The van der Waals surface area contributed by atoms with Crippen LogP contribution in [0.3, 0.4) is 0 Å². The number of aromatic nitrogens is 5. The fraction of sp³-hybridized carbons (Fsp3) is 0.286. The van der Waals surface area contributed by atoms with E-state index in [-0.39, 0.29) is 6.10 Å². The zero-order chi connectivity index (χ0) is 22.8. The molecule has 32 heavy (non-hydrogen) atoms. The van der Waals surface area contributed by atoms with E-state index in [0.29, 0.717) is 50.6 Å². The summed E-state index contributed by atoms with van der Waals surface area (Å²) in [6, 6.07) is 11.0. The average Bonchev–Trinajstić information content (AvgIpc) is 2.79. The van der Waals surface area contributed by atoms with Crippen molar-refractivity contribution in [3.05, 3.63) is 47.8 Å². The van der Waals surface area contributed by atoms with Crippen molar-refractivity contribution in [2.45, 2.75) is 46.7 Å². The summed E-state index contributed by atoms with van der Waals surface area (Å²) in [6.07, 6.45) is 4.02. The second-order valence-corrected chi connectivity index (χ2v) is 8.60. The highest BCUT2D eigenvalue weighted by Gasteiger charge is 2.11. The molecule has 3 heterocycles. The number of pyridine rings is 2. The van der Waals surface area contributed by atoms with Crippen molar-refractivity contribution in [2.75, 3.05) is 18.5 Å². The zero-order valence-electron chi connectivity index (χ0n) is 17.5. The quantitative estimate of drug-likeness (QED) is 0.437. The van der Waals surface area contributed by atoms with Crippen molar-refractivity contribution in [3.63, 3.8) is 0 Å². The normalized spacial score (nSPS) is 10.5. The molecule has 0 bridgehead atoms. The van der Waals surface area contributed by atoms with Gasteiger partial charge in [0.1, 0.15) is 22.2 Å². The lowest BCUT2D eigenvalue weighted by Gasteiger charge is -2.10. The van der Waals surface area contributed by atoms with Crippen molar-refractivity contribution in [1.29, 1.82) is 10.5 Å². The Balaban J connectivity index is 1.76. The van der Waals surface area contributed by atoms with Gasteiger partial charge in [-0.05, 0) is 68.1 Å². The number of ether oxygens (including phenoxy) is 1. The molecule has 0 unspecified atom stereocenters. The lowest BCUT2D eigenvalue weighted by molar-refractivity contribution is 0.0787. The summed E-state index contributed by atoms with van der Waals surface area (Å²) in [5.74, 6) is 0.442. The molecule has 11 heteroatoms. The van der Waals surface area contributed by atoms with Crippen LogP contribution in [0.25, 0.3) is 0 Å². The van der Waals surface area contributed by atoms with Crippen LogP contribution in [0.2, 0.25) is 0 Å². The van der Waals surface area contributed by atoms with Crippen LogP contribution in [-0.4, -0.2) is 44.2 Å². The van der Waals surface area contributed by atoms with Gasteiger partial charge in [0.15, 0.2) is 10.3 Å². The molecule has 9 nitrogen and oxygen atoms in total. The Morgan fingerprint density at radius 1 is 0.906 bits per heavy atom. The van der Waals surface area contributed by atoms with Crippen molar-refractivity contribution in [3.8, 4) is 12.1 Å². The van der Waals surface area contributed by atoms with Gasteiger partial charge in [0.25, 0.3) is 0 Å². The first kappa shape index (κ1) is 23.4. The number of nitriles is 2. The summed E-state index contributed by atoms with van der Waals surface area (Å²) >= 11 is 2.55. The van der Waals surface area contributed by atoms with Gasteiger partial charge in [-0.15, -0.1) is 0 Å². The topological polar surface area (TPSA) is 133 Å². The lowest BCUT2D eigenvalue weighted by Crippen LogP contribution is -2.11. The van der Waals surface area contributed by atoms with Gasteiger partial charge in [-0.2, -0.15) is 25.5 Å². The van der Waals surface area contributed by atoms with E-state index in [0.717, 1.165) is 6.42 Å². The van der Waals surface area contributed by atoms with E-state index < -0.39 is 0 Å². The number of nitrogens with one attached hydrogen (secondary N) is 1. The fourth-order valence-corrected chi connectivity index (χ4v) is 3.74. The van der Waals surface area contributed by atoms with Gasteiger partial charge in [-0.25, -0.2) is 9.97 Å². The Hall–Kier alpha value is -3.25. The van der Waals surface area contributed by atoms with E-state index in [2.05, 4.69) is 30.2 Å². The molecule has 0 atom stereocenters. The first-order valence-corrected chi connectivity index (χ1v) is 11.4. The minimum atomic E-state index is 0.193. The summed E-state index contributed by atoms with van der Waals surface area (Å²) in [6.45, 7) is 5.29. The minimum Gasteiger partial charge on any atom is -0.379 e. The summed E-state index contributed by atoms with van der Waals surface area (Å²) in [5, 5.41) is 23.4. The highest BCUT2D eigenvalue weighted by molar-refractivity contribution is 7.99. The van der Waals surface area contributed by atoms with Gasteiger partial charge >= 0.3 is 0 Å². The van der Waals surface area contributed by atoms with Crippen LogP contribution in [0.15, 0.2) is 57.0 Å². The third-order valence-electron chi connectivity index (χ3n) is 3.77. The van der Waals surface area contributed by atoms with Crippen molar-refractivity contribution < 1.29 is 4.74 Å². The fourth-order valence-electron chi connectivity index (χ4n) is 2.30. The maximum absolute atomic E-state index is 8.94. The summed E-state index contributed by atoms with van der Waals surface area (Å²) in [4.78, 5) is 22.0. The second-order valence-electron chi connectivity index (χ2n) is 6.62.